The molecule has 0 radical (unpaired) electrons. The zero-order chi connectivity index (χ0) is 21.9. The molecule has 6 nitrogen and oxygen atoms in total. The number of aliphatic imine (C=N–C) groups is 1. The Bertz CT molecular complexity index is 1010. The van der Waals surface area contributed by atoms with Crippen LogP contribution in [0.3, 0.4) is 0 Å². The van der Waals surface area contributed by atoms with Gasteiger partial charge in [0, 0.05) is 14.2 Å². The van der Waals surface area contributed by atoms with Gasteiger partial charge in [-0.15, -0.1) is 0 Å². The number of ether oxygens (including phenoxy) is 2. The molecule has 1 aliphatic rings. The molecule has 30 heavy (non-hydrogen) atoms. The molecule has 0 aliphatic carbocycles. The van der Waals surface area contributed by atoms with Crippen LogP contribution in [-0.4, -0.2) is 44.1 Å². The lowest BCUT2D eigenvalue weighted by Crippen LogP contribution is -2.41. The summed E-state index contributed by atoms with van der Waals surface area (Å²) in [4.78, 5) is 19.0. The molecule has 3 rings (SSSR count). The lowest BCUT2D eigenvalue weighted by molar-refractivity contribution is -0.129. The van der Waals surface area contributed by atoms with Gasteiger partial charge in [-0.1, -0.05) is 48.0 Å². The molecule has 158 valence electrons. The number of benzene rings is 2. The van der Waals surface area contributed by atoms with Gasteiger partial charge in [0.2, 0.25) is 0 Å². The van der Waals surface area contributed by atoms with Gasteiger partial charge in [-0.2, -0.15) is 8.78 Å². The monoisotopic (exact) mass is 435 g/mol. The van der Waals surface area contributed by atoms with Crippen LogP contribution in [0.1, 0.15) is 16.7 Å². The fourth-order valence-electron chi connectivity index (χ4n) is 3.25. The maximum Gasteiger partial charge on any atom is 0.387 e. The summed E-state index contributed by atoms with van der Waals surface area (Å²) in [6.07, 6.45) is 3.68. The fourth-order valence-corrected chi connectivity index (χ4v) is 3.47. The van der Waals surface area contributed by atoms with E-state index >= 15 is 0 Å². The zero-order valence-corrected chi connectivity index (χ0v) is 17.1. The lowest BCUT2D eigenvalue weighted by atomic mass is 9.82. The molecule has 2 N–H and O–H groups in total. The molecule has 1 atom stereocenters. The van der Waals surface area contributed by atoms with Crippen molar-refractivity contribution in [3.8, 4) is 5.75 Å². The minimum absolute atomic E-state index is 0.0318. The molecule has 1 amide bonds. The van der Waals surface area contributed by atoms with E-state index in [4.69, 9.17) is 22.1 Å². The fraction of sp³-hybridized carbons (Fsp3) is 0.238. The van der Waals surface area contributed by atoms with E-state index in [0.29, 0.717) is 17.7 Å². The SMILES string of the molecule is COC/C=C/c1cccc(C2(c3ccc(OC(F)F)c(Cl)c3)N=C(N)N(C)C2=O)c1. The highest BCUT2D eigenvalue weighted by molar-refractivity contribution is 6.32. The zero-order valence-electron chi connectivity index (χ0n) is 16.3. The standard InChI is InChI=1S/C21H20ClF2N3O3/c1-27-18(28)21(26-20(27)25,14-7-3-5-13(11-14)6-4-10-29-2)15-8-9-17(16(22)12-15)30-19(23)24/h3-9,11-12,19H,10H2,1-2H3,(H2,25,26)/b6-4+. The number of nitrogens with zero attached hydrogens (tertiary/aromatic N) is 2. The first-order valence-electron chi connectivity index (χ1n) is 8.94. The Morgan fingerprint density at radius 2 is 2.00 bits per heavy atom. The van der Waals surface area contributed by atoms with Crippen molar-refractivity contribution in [1.29, 1.82) is 0 Å². The van der Waals surface area contributed by atoms with Crippen LogP contribution in [0.2, 0.25) is 5.02 Å². The van der Waals surface area contributed by atoms with Gasteiger partial charge in [-0.3, -0.25) is 9.69 Å². The topological polar surface area (TPSA) is 77.2 Å². The van der Waals surface area contributed by atoms with Crippen molar-refractivity contribution in [1.82, 2.24) is 4.90 Å². The molecule has 0 fully saturated rings. The number of rotatable bonds is 7. The second-order valence-electron chi connectivity index (χ2n) is 6.55. The Morgan fingerprint density at radius 1 is 1.27 bits per heavy atom. The lowest BCUT2D eigenvalue weighted by Gasteiger charge is -2.27. The molecule has 2 aromatic carbocycles. The van der Waals surface area contributed by atoms with Gasteiger partial charge in [0.25, 0.3) is 5.91 Å². The van der Waals surface area contributed by atoms with Crippen molar-refractivity contribution in [2.24, 2.45) is 10.7 Å². The number of amides is 1. The smallest absolute Gasteiger partial charge is 0.387 e. The Labute approximate surface area is 177 Å². The summed E-state index contributed by atoms with van der Waals surface area (Å²) in [7, 11) is 3.10. The van der Waals surface area contributed by atoms with E-state index in [-0.39, 0.29) is 16.7 Å². The van der Waals surface area contributed by atoms with Crippen LogP contribution in [0.5, 0.6) is 5.75 Å². The van der Waals surface area contributed by atoms with E-state index in [1.807, 2.05) is 18.2 Å². The number of likely N-dealkylation sites (N-methyl/N-ethyl adjacent to an activating group) is 1. The van der Waals surface area contributed by atoms with Crippen LogP contribution in [0.4, 0.5) is 8.78 Å². The van der Waals surface area contributed by atoms with Crippen molar-refractivity contribution in [2.75, 3.05) is 20.8 Å². The largest absolute Gasteiger partial charge is 0.433 e. The summed E-state index contributed by atoms with van der Waals surface area (Å²) in [6, 6.07) is 11.4. The number of methoxy groups -OCH3 is 1. The summed E-state index contributed by atoms with van der Waals surface area (Å²) < 4.78 is 34.6. The van der Waals surface area contributed by atoms with Crippen LogP contribution >= 0.6 is 11.6 Å². The maximum absolute atomic E-state index is 13.3. The third kappa shape index (κ3) is 4.01. The molecule has 1 aliphatic heterocycles. The molecule has 0 bridgehead atoms. The molecule has 0 saturated heterocycles. The van der Waals surface area contributed by atoms with E-state index < -0.39 is 18.1 Å². The second kappa shape index (κ2) is 8.81. The van der Waals surface area contributed by atoms with Gasteiger partial charge in [0.15, 0.2) is 11.5 Å². The predicted molar refractivity (Wildman–Crippen MR) is 111 cm³/mol. The van der Waals surface area contributed by atoms with Crippen molar-refractivity contribution < 1.29 is 23.0 Å². The minimum Gasteiger partial charge on any atom is -0.433 e. The number of alkyl halides is 2. The van der Waals surface area contributed by atoms with Crippen molar-refractivity contribution >= 4 is 29.5 Å². The summed E-state index contributed by atoms with van der Waals surface area (Å²) in [5.41, 5.74) is 6.21. The normalized spacial score (nSPS) is 19.1. The molecule has 1 unspecified atom stereocenters. The number of hydrogen-bond acceptors (Lipinski definition) is 5. The van der Waals surface area contributed by atoms with Gasteiger partial charge in [0.1, 0.15) is 5.75 Å². The first-order valence-corrected chi connectivity index (χ1v) is 9.31. The Morgan fingerprint density at radius 3 is 2.60 bits per heavy atom. The second-order valence-corrected chi connectivity index (χ2v) is 6.96. The third-order valence-corrected chi connectivity index (χ3v) is 4.98. The van der Waals surface area contributed by atoms with E-state index in [1.165, 1.54) is 30.1 Å². The molecule has 9 heteroatoms. The van der Waals surface area contributed by atoms with Crippen molar-refractivity contribution in [3.05, 3.63) is 70.3 Å². The van der Waals surface area contributed by atoms with Crippen LogP contribution in [0.25, 0.3) is 6.08 Å². The van der Waals surface area contributed by atoms with E-state index in [9.17, 15) is 13.6 Å². The van der Waals surface area contributed by atoms with Crippen molar-refractivity contribution in [3.63, 3.8) is 0 Å². The van der Waals surface area contributed by atoms with E-state index in [1.54, 1.807) is 25.3 Å². The molecule has 0 saturated carbocycles. The average Bonchev–Trinajstić information content (AvgIpc) is 2.94. The highest BCUT2D eigenvalue weighted by Crippen LogP contribution is 2.42. The summed E-state index contributed by atoms with van der Waals surface area (Å²) >= 11 is 6.15. The number of carbonyl (C=O) groups is 1. The number of nitrogens with two attached hydrogens (primary N) is 1. The molecule has 0 aromatic heterocycles. The highest BCUT2D eigenvalue weighted by Gasteiger charge is 2.49. The first kappa shape index (κ1) is 21.7. The molecule has 1 heterocycles. The minimum atomic E-state index is -3.02. The Balaban J connectivity index is 2.15. The van der Waals surface area contributed by atoms with Crippen LogP contribution in [0.15, 0.2) is 53.5 Å². The van der Waals surface area contributed by atoms with Gasteiger partial charge >= 0.3 is 6.61 Å². The maximum atomic E-state index is 13.3. The summed E-state index contributed by atoms with van der Waals surface area (Å²) in [5, 5.41) is -0.0700. The van der Waals surface area contributed by atoms with Crippen molar-refractivity contribution in [2.45, 2.75) is 12.2 Å². The van der Waals surface area contributed by atoms with Gasteiger partial charge in [0.05, 0.1) is 11.6 Å². The quantitative estimate of drug-likeness (QED) is 0.720. The first-order chi connectivity index (χ1) is 14.3. The summed E-state index contributed by atoms with van der Waals surface area (Å²) in [6.45, 7) is -2.59. The number of halogens is 3. The Hall–Kier alpha value is -2.97. The highest BCUT2D eigenvalue weighted by atomic mass is 35.5. The molecule has 2 aromatic rings. The number of guanidine groups is 1. The van der Waals surface area contributed by atoms with Gasteiger partial charge < -0.3 is 15.2 Å². The number of hydrogen-bond donors (Lipinski definition) is 1. The van der Waals surface area contributed by atoms with Crippen LogP contribution < -0.4 is 10.5 Å². The van der Waals surface area contributed by atoms with E-state index in [0.717, 1.165) is 5.56 Å². The third-order valence-electron chi connectivity index (χ3n) is 4.68. The van der Waals surface area contributed by atoms with Gasteiger partial charge in [-0.05, 0) is 34.9 Å². The Kier molecular flexibility index (Phi) is 6.38. The number of carbonyl (C=O) groups excluding carboxylic acids is 1. The predicted octanol–water partition coefficient (Wildman–Crippen LogP) is 3.63. The molecule has 0 spiro atoms. The van der Waals surface area contributed by atoms with E-state index in [2.05, 4.69) is 9.73 Å². The molecular formula is C21H20ClF2N3O3. The average molecular weight is 436 g/mol. The van der Waals surface area contributed by atoms with Crippen LogP contribution in [0, 0.1) is 0 Å². The summed E-state index contributed by atoms with van der Waals surface area (Å²) in [5.74, 6) is -0.557. The van der Waals surface area contributed by atoms with Gasteiger partial charge in [-0.25, -0.2) is 4.99 Å². The molecular weight excluding hydrogens is 416 g/mol. The van der Waals surface area contributed by atoms with Crippen LogP contribution in [-0.2, 0) is 15.1 Å².